The molecule has 1 saturated carbocycles. The number of aliphatic hydroxyl groups excluding tert-OH is 1. The van der Waals surface area contributed by atoms with E-state index in [0.717, 1.165) is 36.8 Å². The van der Waals surface area contributed by atoms with Crippen LogP contribution < -0.4 is 5.32 Å². The van der Waals surface area contributed by atoms with Crippen molar-refractivity contribution in [3.8, 4) is 0 Å². The number of fused-ring (bicyclic) bond motifs is 1. The van der Waals surface area contributed by atoms with Crippen molar-refractivity contribution in [2.24, 2.45) is 4.99 Å². The van der Waals surface area contributed by atoms with Gasteiger partial charge in [-0.3, -0.25) is 9.79 Å². The summed E-state index contributed by atoms with van der Waals surface area (Å²) in [6, 6.07) is 5.87. The Morgan fingerprint density at radius 2 is 2.16 bits per heavy atom. The van der Waals surface area contributed by atoms with E-state index in [1.165, 1.54) is 11.8 Å². The molecule has 0 atom stereocenters. The summed E-state index contributed by atoms with van der Waals surface area (Å²) in [6.45, 7) is 1.81. The van der Waals surface area contributed by atoms with Gasteiger partial charge in [0.05, 0.1) is 17.1 Å². The maximum Gasteiger partial charge on any atom is 0.264 e. The molecule has 2 aromatic rings. The monoisotopic (exact) mass is 357 g/mol. The molecule has 4 rings (SSSR count). The van der Waals surface area contributed by atoms with Crippen molar-refractivity contribution in [1.82, 2.24) is 10.3 Å². The molecule has 0 radical (unpaired) electrons. The van der Waals surface area contributed by atoms with Crippen molar-refractivity contribution in [3.05, 3.63) is 34.6 Å². The Kier molecular flexibility index (Phi) is 4.35. The fourth-order valence-corrected chi connectivity index (χ4v) is 4.03. The number of carbonyl (C=O) groups is 1. The first-order chi connectivity index (χ1) is 12.1. The number of aliphatic imine (C=N–C) groups is 1. The average Bonchev–Trinajstić information content (AvgIpc) is 3.11. The second kappa shape index (κ2) is 6.65. The van der Waals surface area contributed by atoms with Crippen LogP contribution in [-0.2, 0) is 4.79 Å². The van der Waals surface area contributed by atoms with Crippen molar-refractivity contribution >= 4 is 40.0 Å². The van der Waals surface area contributed by atoms with Gasteiger partial charge < -0.3 is 14.8 Å². The van der Waals surface area contributed by atoms with Crippen molar-refractivity contribution in [1.29, 1.82) is 0 Å². The second-order valence-corrected chi connectivity index (χ2v) is 7.45. The highest BCUT2D eigenvalue weighted by Crippen LogP contribution is 2.29. The molecule has 2 N–H and O–H groups in total. The first-order valence-electron chi connectivity index (χ1n) is 8.41. The maximum atomic E-state index is 12.2. The highest BCUT2D eigenvalue weighted by molar-refractivity contribution is 8.18. The van der Waals surface area contributed by atoms with E-state index in [4.69, 9.17) is 4.42 Å². The number of carbonyl (C=O) groups excluding carboxylic acids is 1. The molecule has 1 amide bonds. The van der Waals surface area contributed by atoms with Gasteiger partial charge in [-0.15, -0.1) is 0 Å². The summed E-state index contributed by atoms with van der Waals surface area (Å²) in [6.07, 6.45) is 4.92. The van der Waals surface area contributed by atoms with E-state index < -0.39 is 0 Å². The van der Waals surface area contributed by atoms with Crippen LogP contribution in [0.5, 0.6) is 0 Å². The molecule has 0 unspecified atom stereocenters. The largest absolute Gasteiger partial charge is 0.441 e. The zero-order valence-electron chi connectivity index (χ0n) is 13.9. The summed E-state index contributed by atoms with van der Waals surface area (Å²) < 4.78 is 5.54. The minimum absolute atomic E-state index is 0.131. The molecule has 2 fully saturated rings. The van der Waals surface area contributed by atoms with Crippen molar-refractivity contribution < 1.29 is 14.3 Å². The Morgan fingerprint density at radius 3 is 2.96 bits per heavy atom. The van der Waals surface area contributed by atoms with Crippen LogP contribution in [0.25, 0.3) is 17.2 Å². The lowest BCUT2D eigenvalue weighted by atomic mass is 9.94. The predicted octanol–water partition coefficient (Wildman–Crippen LogP) is 3.00. The Hall–Kier alpha value is -2.12. The standard InChI is InChI=1S/C18H19N3O3S/c1-10-19-14-7-2-11(8-15(14)24-10)9-16-17(23)21-18(25-16)20-12-3-5-13(22)6-4-12/h2,7-9,12-13,22H,3-6H2,1H3,(H,20,21,23)/b16-9+. The quantitative estimate of drug-likeness (QED) is 0.807. The van der Waals surface area contributed by atoms with Gasteiger partial charge in [0.15, 0.2) is 16.6 Å². The zero-order valence-corrected chi connectivity index (χ0v) is 14.7. The summed E-state index contributed by atoms with van der Waals surface area (Å²) in [4.78, 5) is 21.7. The molecule has 1 saturated heterocycles. The number of aliphatic hydroxyl groups is 1. The number of amides is 1. The maximum absolute atomic E-state index is 12.2. The minimum atomic E-state index is -0.202. The minimum Gasteiger partial charge on any atom is -0.441 e. The molecule has 2 heterocycles. The van der Waals surface area contributed by atoms with E-state index in [-0.39, 0.29) is 18.1 Å². The molecule has 1 aromatic heterocycles. The van der Waals surface area contributed by atoms with Gasteiger partial charge in [-0.25, -0.2) is 4.98 Å². The third-order valence-electron chi connectivity index (χ3n) is 4.43. The molecule has 130 valence electrons. The normalized spacial score (nSPS) is 27.4. The molecule has 0 spiro atoms. The molecule has 1 aromatic carbocycles. The summed E-state index contributed by atoms with van der Waals surface area (Å²) in [5, 5.41) is 13.0. The van der Waals surface area contributed by atoms with Gasteiger partial charge in [0.1, 0.15) is 5.52 Å². The molecule has 0 bridgehead atoms. The molecule has 2 aliphatic rings. The molecule has 25 heavy (non-hydrogen) atoms. The number of nitrogens with one attached hydrogen (secondary N) is 1. The topological polar surface area (TPSA) is 87.7 Å². The van der Waals surface area contributed by atoms with Gasteiger partial charge in [0.25, 0.3) is 5.91 Å². The molecular weight excluding hydrogens is 338 g/mol. The third-order valence-corrected chi connectivity index (χ3v) is 5.36. The van der Waals surface area contributed by atoms with Gasteiger partial charge in [-0.2, -0.15) is 0 Å². The smallest absolute Gasteiger partial charge is 0.264 e. The number of rotatable bonds is 2. The molecule has 6 nitrogen and oxygen atoms in total. The lowest BCUT2D eigenvalue weighted by Gasteiger charge is -2.22. The van der Waals surface area contributed by atoms with E-state index in [1.807, 2.05) is 31.2 Å². The van der Waals surface area contributed by atoms with E-state index in [9.17, 15) is 9.90 Å². The third kappa shape index (κ3) is 3.62. The lowest BCUT2D eigenvalue weighted by molar-refractivity contribution is -0.115. The molecule has 7 heteroatoms. The SMILES string of the molecule is Cc1nc2ccc(/C=C3/SC(=NC4CCC(O)CC4)NC3=O)cc2o1. The Balaban J connectivity index is 1.51. The summed E-state index contributed by atoms with van der Waals surface area (Å²) >= 11 is 1.36. The van der Waals surface area contributed by atoms with E-state index in [0.29, 0.717) is 21.5 Å². The number of hydrogen-bond acceptors (Lipinski definition) is 6. The van der Waals surface area contributed by atoms with Crippen LogP contribution in [0.2, 0.25) is 0 Å². The highest BCUT2D eigenvalue weighted by atomic mass is 32.2. The van der Waals surface area contributed by atoms with Crippen LogP contribution in [0, 0.1) is 6.92 Å². The van der Waals surface area contributed by atoms with Gasteiger partial charge in [0, 0.05) is 6.92 Å². The van der Waals surface area contributed by atoms with E-state index in [1.54, 1.807) is 0 Å². The van der Waals surface area contributed by atoms with Gasteiger partial charge >= 0.3 is 0 Å². The number of benzene rings is 1. The predicted molar refractivity (Wildman–Crippen MR) is 98.2 cm³/mol. The van der Waals surface area contributed by atoms with Crippen LogP contribution >= 0.6 is 11.8 Å². The fraction of sp³-hybridized carbons (Fsp3) is 0.389. The Morgan fingerprint density at radius 1 is 1.36 bits per heavy atom. The number of amidine groups is 1. The number of nitrogens with zero attached hydrogens (tertiary/aromatic N) is 2. The lowest BCUT2D eigenvalue weighted by Crippen LogP contribution is -2.25. The van der Waals surface area contributed by atoms with Gasteiger partial charge in [0.2, 0.25) is 0 Å². The second-order valence-electron chi connectivity index (χ2n) is 6.42. The highest BCUT2D eigenvalue weighted by Gasteiger charge is 2.26. The van der Waals surface area contributed by atoms with E-state index in [2.05, 4.69) is 15.3 Å². The molecule has 1 aliphatic carbocycles. The van der Waals surface area contributed by atoms with Crippen LogP contribution in [0.3, 0.4) is 0 Å². The van der Waals surface area contributed by atoms with Crippen LogP contribution in [0.4, 0.5) is 0 Å². The van der Waals surface area contributed by atoms with Crippen molar-refractivity contribution in [3.63, 3.8) is 0 Å². The molecule has 1 aliphatic heterocycles. The average molecular weight is 357 g/mol. The zero-order chi connectivity index (χ0) is 17.4. The van der Waals surface area contributed by atoms with Crippen LogP contribution in [0.1, 0.15) is 37.1 Å². The van der Waals surface area contributed by atoms with Gasteiger partial charge in [-0.05, 0) is 61.2 Å². The van der Waals surface area contributed by atoms with Crippen molar-refractivity contribution in [2.75, 3.05) is 0 Å². The van der Waals surface area contributed by atoms with Gasteiger partial charge in [-0.1, -0.05) is 6.07 Å². The number of oxazole rings is 1. The fourth-order valence-electron chi connectivity index (χ4n) is 3.14. The number of thioether (sulfide) groups is 1. The van der Waals surface area contributed by atoms with E-state index >= 15 is 0 Å². The number of aryl methyl sites for hydroxylation is 1. The summed E-state index contributed by atoms with van der Waals surface area (Å²) in [5.41, 5.74) is 2.41. The van der Waals surface area contributed by atoms with Crippen molar-refractivity contribution in [2.45, 2.75) is 44.8 Å². The summed E-state index contributed by atoms with van der Waals surface area (Å²) in [7, 11) is 0. The first kappa shape index (κ1) is 16.4. The van der Waals surface area contributed by atoms with Crippen LogP contribution in [0.15, 0.2) is 32.5 Å². The Labute approximate surface area is 149 Å². The van der Waals surface area contributed by atoms with Crippen LogP contribution in [-0.4, -0.2) is 33.3 Å². The number of hydrogen-bond donors (Lipinski definition) is 2. The number of aromatic nitrogens is 1. The first-order valence-corrected chi connectivity index (χ1v) is 9.22. The Bertz CT molecular complexity index is 879. The molecular formula is C18H19N3O3S. The summed E-state index contributed by atoms with van der Waals surface area (Å²) in [5.74, 6) is 0.494.